The highest BCUT2D eigenvalue weighted by Crippen LogP contribution is 2.32. The third-order valence-corrected chi connectivity index (χ3v) is 3.98. The number of hydrogen-bond acceptors (Lipinski definition) is 3. The van der Waals surface area contributed by atoms with E-state index in [0.29, 0.717) is 0 Å². The fourth-order valence-corrected chi connectivity index (χ4v) is 2.95. The van der Waals surface area contributed by atoms with Crippen LogP contribution >= 0.6 is 15.9 Å². The quantitative estimate of drug-likeness (QED) is 0.722. The van der Waals surface area contributed by atoms with Gasteiger partial charge in [-0.2, -0.15) is 0 Å². The van der Waals surface area contributed by atoms with Crippen molar-refractivity contribution in [3.63, 3.8) is 0 Å². The van der Waals surface area contributed by atoms with Crippen LogP contribution in [0, 0.1) is 0 Å². The predicted molar refractivity (Wildman–Crippen MR) is 89.2 cm³/mol. The maximum Gasteiger partial charge on any atom is 0.145 e. The number of rotatable bonds is 3. The van der Waals surface area contributed by atoms with Crippen molar-refractivity contribution in [2.45, 2.75) is 0 Å². The third kappa shape index (κ3) is 2.38. The Morgan fingerprint density at radius 2 is 1.86 bits per heavy atom. The molecule has 4 nitrogen and oxygen atoms in total. The van der Waals surface area contributed by atoms with E-state index in [0.717, 1.165) is 32.9 Å². The van der Waals surface area contributed by atoms with Gasteiger partial charge in [-0.05, 0) is 52.3 Å². The zero-order valence-electron chi connectivity index (χ0n) is 12.2. The van der Waals surface area contributed by atoms with E-state index < -0.39 is 0 Å². The Labute approximate surface area is 132 Å². The molecule has 21 heavy (non-hydrogen) atoms. The first-order chi connectivity index (χ1) is 10.1. The Morgan fingerprint density at radius 3 is 2.48 bits per heavy atom. The van der Waals surface area contributed by atoms with E-state index in [1.165, 1.54) is 0 Å². The average Bonchev–Trinajstić information content (AvgIpc) is 2.84. The minimum Gasteiger partial charge on any atom is -0.497 e. The summed E-state index contributed by atoms with van der Waals surface area (Å²) in [6.45, 7) is 0. The molecule has 1 aromatic carbocycles. The molecule has 2 heterocycles. The second-order valence-electron chi connectivity index (χ2n) is 4.96. The lowest BCUT2D eigenvalue weighted by molar-refractivity contribution is 0.415. The number of fused-ring (bicyclic) bond motifs is 1. The molecule has 0 spiro atoms. The molecule has 108 valence electrons. The lowest BCUT2D eigenvalue weighted by atomic mass is 10.2. The largest absolute Gasteiger partial charge is 0.497 e. The van der Waals surface area contributed by atoms with Crippen molar-refractivity contribution in [2.24, 2.45) is 0 Å². The molecule has 0 aliphatic carbocycles. The normalized spacial score (nSPS) is 10.9. The van der Waals surface area contributed by atoms with Gasteiger partial charge in [0.25, 0.3) is 0 Å². The Bertz CT molecular complexity index is 778. The summed E-state index contributed by atoms with van der Waals surface area (Å²) in [4.78, 5) is 6.75. The fourth-order valence-electron chi connectivity index (χ4n) is 2.38. The topological polar surface area (TPSA) is 29.8 Å². The van der Waals surface area contributed by atoms with Crippen LogP contribution in [-0.2, 0) is 0 Å². The lowest BCUT2D eigenvalue weighted by Crippen LogP contribution is -2.09. The zero-order valence-corrected chi connectivity index (χ0v) is 13.8. The summed E-state index contributed by atoms with van der Waals surface area (Å²) in [5, 5.41) is 0. The minimum absolute atomic E-state index is 0.840. The van der Waals surface area contributed by atoms with Crippen molar-refractivity contribution in [1.82, 2.24) is 9.38 Å². The fraction of sp³-hybridized carbons (Fsp3) is 0.188. The summed E-state index contributed by atoms with van der Waals surface area (Å²) in [6.07, 6.45) is 2.03. The molecule has 0 saturated carbocycles. The highest BCUT2D eigenvalue weighted by atomic mass is 79.9. The first-order valence-corrected chi connectivity index (χ1v) is 7.39. The summed E-state index contributed by atoms with van der Waals surface area (Å²) in [6, 6.07) is 12.0. The maximum atomic E-state index is 5.21. The third-order valence-electron chi connectivity index (χ3n) is 3.43. The van der Waals surface area contributed by atoms with E-state index in [1.807, 2.05) is 50.6 Å². The number of ether oxygens (including phenoxy) is 1. The van der Waals surface area contributed by atoms with Crippen LogP contribution in [0.1, 0.15) is 0 Å². The Hall–Kier alpha value is -2.01. The van der Waals surface area contributed by atoms with Crippen LogP contribution in [0.3, 0.4) is 0 Å². The first kappa shape index (κ1) is 13.9. The van der Waals surface area contributed by atoms with Crippen molar-refractivity contribution in [2.75, 3.05) is 26.1 Å². The lowest BCUT2D eigenvalue weighted by Gasteiger charge is -2.14. The van der Waals surface area contributed by atoms with Gasteiger partial charge >= 0.3 is 0 Å². The van der Waals surface area contributed by atoms with Gasteiger partial charge < -0.3 is 9.64 Å². The summed E-state index contributed by atoms with van der Waals surface area (Å²) in [5.74, 6) is 1.75. The molecule has 0 aliphatic rings. The summed E-state index contributed by atoms with van der Waals surface area (Å²) >= 11 is 3.58. The van der Waals surface area contributed by atoms with Crippen molar-refractivity contribution < 1.29 is 4.74 Å². The Kier molecular flexibility index (Phi) is 3.59. The molecule has 3 rings (SSSR count). The molecule has 0 aliphatic heterocycles. The van der Waals surface area contributed by atoms with Crippen molar-refractivity contribution >= 4 is 27.1 Å². The molecule has 0 radical (unpaired) electrons. The Balaban J connectivity index is 2.21. The van der Waals surface area contributed by atoms with Gasteiger partial charge in [0.05, 0.1) is 12.8 Å². The number of imidazole rings is 1. The highest BCUT2D eigenvalue weighted by molar-refractivity contribution is 9.10. The van der Waals surface area contributed by atoms with E-state index in [4.69, 9.17) is 4.74 Å². The number of anilines is 1. The minimum atomic E-state index is 0.840. The van der Waals surface area contributed by atoms with Gasteiger partial charge in [0, 0.05) is 25.9 Å². The molecule has 2 aromatic heterocycles. The van der Waals surface area contributed by atoms with Crippen LogP contribution in [0.5, 0.6) is 5.75 Å². The molecule has 0 saturated heterocycles. The maximum absolute atomic E-state index is 5.21. The van der Waals surface area contributed by atoms with Gasteiger partial charge in [-0.15, -0.1) is 0 Å². The van der Waals surface area contributed by atoms with Crippen LogP contribution in [0.2, 0.25) is 0 Å². The van der Waals surface area contributed by atoms with Crippen molar-refractivity contribution in [3.8, 4) is 17.1 Å². The number of pyridine rings is 1. The molecule has 0 atom stereocenters. The van der Waals surface area contributed by atoms with Crippen molar-refractivity contribution in [1.29, 1.82) is 0 Å². The van der Waals surface area contributed by atoms with Crippen LogP contribution in [0.15, 0.2) is 47.2 Å². The molecule has 0 N–H and O–H groups in total. The average molecular weight is 346 g/mol. The van der Waals surface area contributed by atoms with Crippen molar-refractivity contribution in [3.05, 3.63) is 47.2 Å². The van der Waals surface area contributed by atoms with Gasteiger partial charge in [-0.3, -0.25) is 4.40 Å². The number of aromatic nitrogens is 2. The van der Waals surface area contributed by atoms with E-state index in [2.05, 4.69) is 36.3 Å². The molecule has 0 bridgehead atoms. The second kappa shape index (κ2) is 5.41. The van der Waals surface area contributed by atoms with Crippen LogP contribution in [0.4, 0.5) is 5.69 Å². The molecule has 0 fully saturated rings. The first-order valence-electron chi connectivity index (χ1n) is 6.60. The Morgan fingerprint density at radius 1 is 1.14 bits per heavy atom. The monoisotopic (exact) mass is 345 g/mol. The van der Waals surface area contributed by atoms with Gasteiger partial charge in [0.1, 0.15) is 21.7 Å². The van der Waals surface area contributed by atoms with Gasteiger partial charge in [0.2, 0.25) is 0 Å². The standard InChI is InChI=1S/C16H16BrN3O/c1-19(2)13-5-4-10-20-14(13)15(17)18-16(20)11-6-8-12(21-3)9-7-11/h4-10H,1-3H3. The van der Waals surface area contributed by atoms with E-state index in [-0.39, 0.29) is 0 Å². The molecular formula is C16H16BrN3O. The smallest absolute Gasteiger partial charge is 0.145 e. The number of methoxy groups -OCH3 is 1. The highest BCUT2D eigenvalue weighted by Gasteiger charge is 2.15. The van der Waals surface area contributed by atoms with Gasteiger partial charge in [0.15, 0.2) is 0 Å². The van der Waals surface area contributed by atoms with Gasteiger partial charge in [-0.25, -0.2) is 4.98 Å². The molecule has 0 amide bonds. The second-order valence-corrected chi connectivity index (χ2v) is 5.71. The molecular weight excluding hydrogens is 330 g/mol. The van der Waals surface area contributed by atoms with E-state index in [1.54, 1.807) is 7.11 Å². The number of halogens is 1. The van der Waals surface area contributed by atoms with Crippen LogP contribution in [-0.4, -0.2) is 30.6 Å². The molecule has 5 heteroatoms. The van der Waals surface area contributed by atoms with Crippen LogP contribution < -0.4 is 9.64 Å². The number of nitrogens with zero attached hydrogens (tertiary/aromatic N) is 3. The zero-order chi connectivity index (χ0) is 15.0. The van der Waals surface area contributed by atoms with Gasteiger partial charge in [-0.1, -0.05) is 0 Å². The summed E-state index contributed by atoms with van der Waals surface area (Å²) < 4.78 is 8.15. The molecule has 3 aromatic rings. The van der Waals surface area contributed by atoms with E-state index in [9.17, 15) is 0 Å². The number of benzene rings is 1. The van der Waals surface area contributed by atoms with Crippen LogP contribution in [0.25, 0.3) is 16.9 Å². The molecule has 0 unspecified atom stereocenters. The van der Waals surface area contributed by atoms with E-state index >= 15 is 0 Å². The summed E-state index contributed by atoms with van der Waals surface area (Å²) in [7, 11) is 5.73. The predicted octanol–water partition coefficient (Wildman–Crippen LogP) is 3.84. The SMILES string of the molecule is COc1ccc(-c2nc(Br)c3c(N(C)C)cccn23)cc1. The summed E-state index contributed by atoms with van der Waals surface area (Å²) in [5.41, 5.74) is 3.23. The number of hydrogen-bond donors (Lipinski definition) is 0.